The van der Waals surface area contributed by atoms with Crippen molar-refractivity contribution in [1.29, 1.82) is 0 Å². The predicted molar refractivity (Wildman–Crippen MR) is 42.4 cm³/mol. The minimum absolute atomic E-state index is 0.118. The van der Waals surface area contributed by atoms with Crippen LogP contribution in [0.1, 0.15) is 32.1 Å². The molecule has 0 aromatic carbocycles. The molecule has 4 heteroatoms. The van der Waals surface area contributed by atoms with Gasteiger partial charge in [-0.15, -0.1) is 0 Å². The van der Waals surface area contributed by atoms with Crippen molar-refractivity contribution in [3.63, 3.8) is 0 Å². The van der Waals surface area contributed by atoms with Gasteiger partial charge in [-0.25, -0.2) is 0 Å². The van der Waals surface area contributed by atoms with Crippen LogP contribution in [0.4, 0.5) is 4.20 Å². The van der Waals surface area contributed by atoms with Gasteiger partial charge < -0.3 is 4.89 Å². The molecular weight excluding hydrogens is 166 g/mol. The minimum Gasteiger partial charge on any atom is -0.321 e. The molecule has 2 nitrogen and oxygen atoms in total. The highest BCUT2D eigenvalue weighted by Crippen LogP contribution is 2.46. The average Bonchev–Trinajstić information content (AvgIpc) is 1.85. The average molecular weight is 180 g/mol. The Hall–Kier alpha value is 0.120. The maximum atomic E-state index is 12.3. The van der Waals surface area contributed by atoms with E-state index in [4.69, 9.17) is 4.89 Å². The lowest BCUT2D eigenvalue weighted by Crippen LogP contribution is -2.09. The second-order valence-corrected chi connectivity index (χ2v) is 4.90. The monoisotopic (exact) mass is 180 g/mol. The molecule has 0 amide bonds. The summed E-state index contributed by atoms with van der Waals surface area (Å²) >= 11 is 0. The van der Waals surface area contributed by atoms with Gasteiger partial charge in [-0.3, -0.25) is 4.57 Å². The summed E-state index contributed by atoms with van der Waals surface area (Å²) in [5.41, 5.74) is 0. The zero-order chi connectivity index (χ0) is 8.32. The Labute approximate surface area is 66.4 Å². The van der Waals surface area contributed by atoms with Crippen molar-refractivity contribution in [2.45, 2.75) is 32.1 Å². The molecule has 0 spiro atoms. The van der Waals surface area contributed by atoms with Crippen molar-refractivity contribution < 1.29 is 13.7 Å². The Bertz CT molecular complexity index is 160. The largest absolute Gasteiger partial charge is 0.365 e. The lowest BCUT2D eigenvalue weighted by atomic mass is 9.91. The third-order valence-electron chi connectivity index (χ3n) is 2.21. The third kappa shape index (κ3) is 3.88. The molecule has 0 aromatic heterocycles. The summed E-state index contributed by atoms with van der Waals surface area (Å²) in [6.07, 6.45) is 5.10. The van der Waals surface area contributed by atoms with Crippen LogP contribution >= 0.6 is 7.68 Å². The fourth-order valence-corrected chi connectivity index (χ4v) is 2.69. The number of halogens is 1. The molecule has 66 valence electrons. The summed E-state index contributed by atoms with van der Waals surface area (Å²) in [7, 11) is -4.23. The van der Waals surface area contributed by atoms with E-state index in [0.29, 0.717) is 0 Å². The van der Waals surface area contributed by atoms with Gasteiger partial charge in [0.25, 0.3) is 0 Å². The molecule has 11 heavy (non-hydrogen) atoms. The molecule has 0 radical (unpaired) electrons. The lowest BCUT2D eigenvalue weighted by molar-refractivity contribution is 0.358. The van der Waals surface area contributed by atoms with Crippen LogP contribution in [0, 0.1) is 5.92 Å². The fraction of sp³-hybridized carbons (Fsp3) is 1.00. The van der Waals surface area contributed by atoms with E-state index in [9.17, 15) is 8.76 Å². The highest BCUT2D eigenvalue weighted by molar-refractivity contribution is 7.52. The van der Waals surface area contributed by atoms with Gasteiger partial charge in [-0.1, -0.05) is 19.3 Å². The van der Waals surface area contributed by atoms with E-state index < -0.39 is 7.68 Å². The maximum absolute atomic E-state index is 12.3. The van der Waals surface area contributed by atoms with E-state index in [1.165, 1.54) is 6.42 Å². The molecule has 1 fully saturated rings. The molecule has 0 aliphatic heterocycles. The van der Waals surface area contributed by atoms with E-state index in [-0.39, 0.29) is 12.1 Å². The fourth-order valence-electron chi connectivity index (χ4n) is 1.69. The molecule has 1 atom stereocenters. The highest BCUT2D eigenvalue weighted by atomic mass is 31.2. The maximum Gasteiger partial charge on any atom is 0.365 e. The summed E-state index contributed by atoms with van der Waals surface area (Å²) in [6, 6.07) is 0. The first-order chi connectivity index (χ1) is 5.08. The summed E-state index contributed by atoms with van der Waals surface area (Å²) in [5.74, 6) is 0.157. The van der Waals surface area contributed by atoms with Crippen molar-refractivity contribution in [1.82, 2.24) is 0 Å². The summed E-state index contributed by atoms with van der Waals surface area (Å²) in [4.78, 5) is 8.46. The van der Waals surface area contributed by atoms with Crippen molar-refractivity contribution in [3.8, 4) is 0 Å². The van der Waals surface area contributed by atoms with Gasteiger partial charge in [0.1, 0.15) is 0 Å². The number of hydrogen-bond donors (Lipinski definition) is 1. The van der Waals surface area contributed by atoms with E-state index in [1.54, 1.807) is 0 Å². The Morgan fingerprint density at radius 1 is 1.36 bits per heavy atom. The topological polar surface area (TPSA) is 37.3 Å². The Balaban J connectivity index is 2.30. The molecule has 1 saturated carbocycles. The first-order valence-electron chi connectivity index (χ1n) is 4.09. The van der Waals surface area contributed by atoms with Crippen LogP contribution < -0.4 is 0 Å². The Kier molecular flexibility index (Phi) is 3.08. The summed E-state index contributed by atoms with van der Waals surface area (Å²) in [5, 5.41) is 0. The van der Waals surface area contributed by atoms with Crippen LogP contribution in [-0.2, 0) is 4.57 Å². The van der Waals surface area contributed by atoms with Crippen LogP contribution in [0.25, 0.3) is 0 Å². The molecule has 1 aliphatic rings. The van der Waals surface area contributed by atoms with Gasteiger partial charge in [0, 0.05) is 0 Å². The highest BCUT2D eigenvalue weighted by Gasteiger charge is 2.24. The molecular formula is C7H14FO2P. The van der Waals surface area contributed by atoms with Crippen LogP contribution in [0.5, 0.6) is 0 Å². The number of hydrogen-bond acceptors (Lipinski definition) is 1. The van der Waals surface area contributed by atoms with Gasteiger partial charge in [0.15, 0.2) is 0 Å². The van der Waals surface area contributed by atoms with Gasteiger partial charge >= 0.3 is 7.68 Å². The third-order valence-corrected chi connectivity index (χ3v) is 3.17. The second kappa shape index (κ2) is 3.68. The van der Waals surface area contributed by atoms with Crippen LogP contribution in [-0.4, -0.2) is 11.1 Å². The van der Waals surface area contributed by atoms with Gasteiger partial charge in [-0.05, 0) is 18.8 Å². The van der Waals surface area contributed by atoms with Crippen LogP contribution in [0.3, 0.4) is 0 Å². The van der Waals surface area contributed by atoms with E-state index in [0.717, 1.165) is 25.7 Å². The summed E-state index contributed by atoms with van der Waals surface area (Å²) < 4.78 is 22.7. The second-order valence-electron chi connectivity index (χ2n) is 3.30. The standard InChI is InChI=1S/C7H14FO2P/c8-11(9,10)6-7-4-2-1-3-5-7/h7H,1-6H2,(H,9,10). The van der Waals surface area contributed by atoms with Crippen LogP contribution in [0.2, 0.25) is 0 Å². The molecule has 0 saturated heterocycles. The normalized spacial score (nSPS) is 26.4. The molecule has 0 heterocycles. The first kappa shape index (κ1) is 9.21. The van der Waals surface area contributed by atoms with Crippen LogP contribution in [0.15, 0.2) is 0 Å². The zero-order valence-corrected chi connectivity index (χ0v) is 7.40. The zero-order valence-electron chi connectivity index (χ0n) is 6.50. The van der Waals surface area contributed by atoms with E-state index in [1.807, 2.05) is 0 Å². The Morgan fingerprint density at radius 3 is 2.36 bits per heavy atom. The minimum atomic E-state index is -4.23. The van der Waals surface area contributed by atoms with Crippen molar-refractivity contribution in [3.05, 3.63) is 0 Å². The van der Waals surface area contributed by atoms with Crippen molar-refractivity contribution in [2.24, 2.45) is 5.92 Å². The predicted octanol–water partition coefficient (Wildman–Crippen LogP) is 2.72. The first-order valence-corrected chi connectivity index (χ1v) is 5.83. The van der Waals surface area contributed by atoms with E-state index >= 15 is 0 Å². The molecule has 1 unspecified atom stereocenters. The molecule has 1 aliphatic carbocycles. The quantitative estimate of drug-likeness (QED) is 0.663. The van der Waals surface area contributed by atoms with Crippen molar-refractivity contribution >= 4 is 7.68 Å². The number of rotatable bonds is 2. The molecule has 0 bridgehead atoms. The molecule has 0 aromatic rings. The molecule has 1 N–H and O–H groups in total. The summed E-state index contributed by atoms with van der Waals surface area (Å²) in [6.45, 7) is 0. The Morgan fingerprint density at radius 2 is 1.91 bits per heavy atom. The van der Waals surface area contributed by atoms with E-state index in [2.05, 4.69) is 0 Å². The SMILES string of the molecule is O=P(O)(F)CC1CCCCC1. The lowest BCUT2D eigenvalue weighted by Gasteiger charge is -2.20. The molecule has 1 rings (SSSR count). The van der Waals surface area contributed by atoms with Gasteiger partial charge in [0.05, 0.1) is 6.16 Å². The van der Waals surface area contributed by atoms with Crippen molar-refractivity contribution in [2.75, 3.05) is 6.16 Å². The van der Waals surface area contributed by atoms with Gasteiger partial charge in [-0.2, -0.15) is 4.20 Å². The smallest absolute Gasteiger partial charge is 0.321 e. The van der Waals surface area contributed by atoms with Gasteiger partial charge in [0.2, 0.25) is 0 Å².